The minimum Gasteiger partial charge on any atom is -0.352 e. The highest BCUT2D eigenvalue weighted by Gasteiger charge is 2.25. The number of para-hydroxylation sites is 1. The molecule has 0 spiro atoms. The van der Waals surface area contributed by atoms with Crippen LogP contribution in [0, 0.1) is 0 Å². The number of fused-ring (bicyclic) bond motifs is 4. The van der Waals surface area contributed by atoms with Crippen molar-refractivity contribution in [1.82, 2.24) is 14.5 Å². The van der Waals surface area contributed by atoms with Gasteiger partial charge in [0.25, 0.3) is 0 Å². The highest BCUT2D eigenvalue weighted by atomic mass is 35.5. The second-order valence-electron chi connectivity index (χ2n) is 14.5. The summed E-state index contributed by atoms with van der Waals surface area (Å²) in [6.07, 6.45) is 0. The highest BCUT2D eigenvalue weighted by molar-refractivity contribution is 6.32. The Morgan fingerprint density at radius 3 is 1.72 bits per heavy atom. The number of hydrogen-bond acceptors (Lipinski definition) is 1. The molecule has 0 radical (unpaired) electrons. The second-order valence-corrected chi connectivity index (χ2v) is 14.9. The van der Waals surface area contributed by atoms with Crippen molar-refractivity contribution >= 4 is 54.8 Å². The van der Waals surface area contributed by atoms with Gasteiger partial charge in [-0.1, -0.05) is 181 Å². The smallest absolute Gasteiger partial charge is 0.162 e. The largest absolute Gasteiger partial charge is 0.352 e. The maximum absolute atomic E-state index is 7.02. The molecule has 0 bridgehead atoms. The van der Waals surface area contributed by atoms with Crippen LogP contribution in [0.2, 0.25) is 5.02 Å². The summed E-state index contributed by atoms with van der Waals surface area (Å²) >= 11 is 7.02. The fraction of sp³-hybridized carbons (Fsp3) is 0. The third-order valence-electron chi connectivity index (χ3n) is 11.2. The first-order valence-electron chi connectivity index (χ1n) is 19.2. The van der Waals surface area contributed by atoms with Crippen molar-refractivity contribution in [2.24, 2.45) is 0 Å². The topological polar surface area (TPSA) is 33.6 Å². The van der Waals surface area contributed by atoms with Crippen molar-refractivity contribution in [3.8, 4) is 62.0 Å². The van der Waals surface area contributed by atoms with Crippen LogP contribution >= 0.6 is 11.6 Å². The predicted octanol–water partition coefficient (Wildman–Crippen LogP) is 14.8. The molecule has 0 saturated carbocycles. The molecule has 57 heavy (non-hydrogen) atoms. The Balaban J connectivity index is 1.14. The van der Waals surface area contributed by atoms with Crippen LogP contribution in [0.25, 0.3) is 105 Å². The first-order valence-corrected chi connectivity index (χ1v) is 19.6. The van der Waals surface area contributed by atoms with Gasteiger partial charge >= 0.3 is 0 Å². The molecular weight excluding hydrogens is 714 g/mol. The molecule has 9 aromatic carbocycles. The van der Waals surface area contributed by atoms with Crippen LogP contribution in [-0.2, 0) is 0 Å². The van der Waals surface area contributed by atoms with Crippen molar-refractivity contribution in [2.75, 3.05) is 0 Å². The van der Waals surface area contributed by atoms with Crippen molar-refractivity contribution < 1.29 is 0 Å². The number of imidazole rings is 1. The van der Waals surface area contributed by atoms with Crippen LogP contribution in [0.1, 0.15) is 0 Å². The number of nitrogens with zero attached hydrogens (tertiary/aromatic N) is 2. The zero-order valence-corrected chi connectivity index (χ0v) is 31.6. The number of nitrogens with one attached hydrogen (secondary N) is 1. The molecule has 2 aromatic heterocycles. The fourth-order valence-electron chi connectivity index (χ4n) is 8.71. The summed E-state index contributed by atoms with van der Waals surface area (Å²) in [5.41, 5.74) is 11.7. The van der Waals surface area contributed by atoms with E-state index in [9.17, 15) is 0 Å². The Hall–Kier alpha value is -7.20. The van der Waals surface area contributed by atoms with E-state index >= 15 is 0 Å². The molecule has 0 unspecified atom stereocenters. The van der Waals surface area contributed by atoms with E-state index in [1.165, 1.54) is 49.0 Å². The van der Waals surface area contributed by atoms with Gasteiger partial charge < -0.3 is 4.98 Å². The Labute approximate surface area is 335 Å². The Morgan fingerprint density at radius 2 is 1.02 bits per heavy atom. The SMILES string of the molecule is Clc1ccccc1-n1c(-c2cc3cc(-c4c5ccccc5c(-c5cccc6ccccc56)c5ccccc45)ccc3[nH]2)nc(-c2ccccc2)c1-c1ccccc1. The maximum atomic E-state index is 7.02. The van der Waals surface area contributed by atoms with Gasteiger partial charge in [0, 0.05) is 22.0 Å². The summed E-state index contributed by atoms with van der Waals surface area (Å²) < 4.78 is 2.21. The zero-order valence-electron chi connectivity index (χ0n) is 30.8. The summed E-state index contributed by atoms with van der Waals surface area (Å²) in [5.74, 6) is 0.786. The second kappa shape index (κ2) is 13.5. The molecule has 268 valence electrons. The third-order valence-corrected chi connectivity index (χ3v) is 11.5. The number of halogens is 1. The van der Waals surface area contributed by atoms with E-state index in [-0.39, 0.29) is 0 Å². The van der Waals surface area contributed by atoms with Gasteiger partial charge in [0.15, 0.2) is 5.82 Å². The van der Waals surface area contributed by atoms with Gasteiger partial charge in [0.1, 0.15) is 0 Å². The zero-order chi connectivity index (χ0) is 37.9. The lowest BCUT2D eigenvalue weighted by Crippen LogP contribution is -2.01. The van der Waals surface area contributed by atoms with Crippen molar-refractivity contribution in [1.29, 1.82) is 0 Å². The molecule has 0 amide bonds. The lowest BCUT2D eigenvalue weighted by Gasteiger charge is -2.18. The van der Waals surface area contributed by atoms with E-state index in [4.69, 9.17) is 16.6 Å². The number of aromatic amines is 1. The van der Waals surface area contributed by atoms with Gasteiger partial charge in [-0.3, -0.25) is 4.57 Å². The number of hydrogen-bond donors (Lipinski definition) is 1. The standard InChI is InChI=1S/C53H34ClN3/c54-45-28-13-14-29-48(45)57-52(36-19-5-2-6-20-36)51(35-17-3-1-4-18-35)56-53(57)47-33-38-32-37(30-31-46(38)55-47)49-41-23-9-11-25-43(41)50(44-26-12-10-24-42(44)49)40-27-15-21-34-16-7-8-22-39(34)40/h1-33,55H. The predicted molar refractivity (Wildman–Crippen MR) is 240 cm³/mol. The molecule has 2 heterocycles. The van der Waals surface area contributed by atoms with Gasteiger partial charge in [0.05, 0.1) is 27.8 Å². The van der Waals surface area contributed by atoms with Gasteiger partial charge in [-0.2, -0.15) is 0 Å². The first kappa shape index (κ1) is 33.2. The van der Waals surface area contributed by atoms with Crippen LogP contribution < -0.4 is 0 Å². The van der Waals surface area contributed by atoms with E-state index < -0.39 is 0 Å². The van der Waals surface area contributed by atoms with Crippen LogP contribution in [0.5, 0.6) is 0 Å². The number of aromatic nitrogens is 3. The molecule has 1 N–H and O–H groups in total. The molecule has 0 aliphatic rings. The molecular formula is C53H34ClN3. The average molecular weight is 748 g/mol. The van der Waals surface area contributed by atoms with Gasteiger partial charge in [-0.15, -0.1) is 0 Å². The fourth-order valence-corrected chi connectivity index (χ4v) is 8.93. The van der Waals surface area contributed by atoms with Crippen LogP contribution in [0.4, 0.5) is 0 Å². The normalized spacial score (nSPS) is 11.6. The van der Waals surface area contributed by atoms with E-state index in [2.05, 4.69) is 179 Å². The van der Waals surface area contributed by atoms with Crippen molar-refractivity contribution in [3.05, 3.63) is 205 Å². The van der Waals surface area contributed by atoms with Crippen LogP contribution in [0.15, 0.2) is 200 Å². The summed E-state index contributed by atoms with van der Waals surface area (Å²) in [6.45, 7) is 0. The third kappa shape index (κ3) is 5.47. The van der Waals surface area contributed by atoms with E-state index in [1.54, 1.807) is 0 Å². The van der Waals surface area contributed by atoms with E-state index in [1.807, 2.05) is 30.3 Å². The minimum atomic E-state index is 0.650. The Kier molecular flexibility index (Phi) is 7.87. The van der Waals surface area contributed by atoms with Gasteiger partial charge in [-0.05, 0) is 84.9 Å². The van der Waals surface area contributed by atoms with E-state index in [0.29, 0.717) is 5.02 Å². The number of H-pyrrole nitrogens is 1. The molecule has 11 aromatic rings. The average Bonchev–Trinajstić information content (AvgIpc) is 3.88. The summed E-state index contributed by atoms with van der Waals surface area (Å²) in [5, 5.41) is 9.17. The minimum absolute atomic E-state index is 0.650. The van der Waals surface area contributed by atoms with Gasteiger partial charge in [0.2, 0.25) is 0 Å². The van der Waals surface area contributed by atoms with Crippen LogP contribution in [0.3, 0.4) is 0 Å². The molecule has 0 aliphatic heterocycles. The monoisotopic (exact) mass is 747 g/mol. The molecule has 4 heteroatoms. The van der Waals surface area contributed by atoms with Crippen molar-refractivity contribution in [2.45, 2.75) is 0 Å². The maximum Gasteiger partial charge on any atom is 0.162 e. The molecule has 11 rings (SSSR count). The molecule has 0 aliphatic carbocycles. The van der Waals surface area contributed by atoms with Crippen molar-refractivity contribution in [3.63, 3.8) is 0 Å². The van der Waals surface area contributed by atoms with Gasteiger partial charge in [-0.25, -0.2) is 4.98 Å². The molecule has 0 atom stereocenters. The Bertz CT molecular complexity index is 3240. The molecule has 0 fully saturated rings. The highest BCUT2D eigenvalue weighted by Crippen LogP contribution is 2.46. The Morgan fingerprint density at radius 1 is 0.439 bits per heavy atom. The number of benzene rings is 9. The summed E-state index contributed by atoms with van der Waals surface area (Å²) in [7, 11) is 0. The quantitative estimate of drug-likeness (QED) is 0.169. The molecule has 0 saturated heterocycles. The summed E-state index contributed by atoms with van der Waals surface area (Å²) in [6, 6.07) is 70.9. The van der Waals surface area contributed by atoms with Crippen LogP contribution in [-0.4, -0.2) is 14.5 Å². The summed E-state index contributed by atoms with van der Waals surface area (Å²) in [4.78, 5) is 9.19. The van der Waals surface area contributed by atoms with E-state index in [0.717, 1.165) is 56.2 Å². The lowest BCUT2D eigenvalue weighted by atomic mass is 9.84. The number of rotatable bonds is 6. The molecule has 3 nitrogen and oxygen atoms in total. The lowest BCUT2D eigenvalue weighted by molar-refractivity contribution is 1.06. The first-order chi connectivity index (χ1) is 28.2.